The van der Waals surface area contributed by atoms with Gasteiger partial charge >= 0.3 is 0 Å². The van der Waals surface area contributed by atoms with E-state index in [1.165, 1.54) is 24.8 Å². The molecule has 2 saturated heterocycles. The quantitative estimate of drug-likeness (QED) is 0.889. The Morgan fingerprint density at radius 1 is 1.05 bits per heavy atom. The van der Waals surface area contributed by atoms with Crippen LogP contribution in [0.5, 0.6) is 0 Å². The van der Waals surface area contributed by atoms with E-state index in [1.807, 2.05) is 18.5 Å². The molecule has 2 aromatic heterocycles. The van der Waals surface area contributed by atoms with E-state index in [2.05, 4.69) is 26.6 Å². The summed E-state index contributed by atoms with van der Waals surface area (Å²) in [6, 6.07) is 5.61. The molecule has 2 aromatic rings. The number of nitrogens with one attached hydrogen (secondary N) is 1. The zero-order valence-corrected chi connectivity index (χ0v) is 10.7. The number of nitrogens with zero attached hydrogens (tertiary/aromatic N) is 3. The summed E-state index contributed by atoms with van der Waals surface area (Å²) in [5.74, 6) is 0.626. The fraction of sp³-hybridized carbons (Fsp3) is 0.400. The normalized spacial score (nSPS) is 28.7. The molecule has 0 radical (unpaired) electrons. The van der Waals surface area contributed by atoms with Crippen molar-refractivity contribution in [3.8, 4) is 11.1 Å². The van der Waals surface area contributed by atoms with E-state index in [0.717, 1.165) is 17.2 Å². The van der Waals surface area contributed by atoms with Crippen LogP contribution in [0.3, 0.4) is 0 Å². The standard InChI is InChI=1S/C15H16N4/c1-2-15-14(6-13(1)19-15)12-5-11(7-16-8-12)10-3-4-17-18-9-10/h3-5,7-9,13-15,19H,1-2,6H2. The fourth-order valence-electron chi connectivity index (χ4n) is 3.47. The van der Waals surface area contributed by atoms with Crippen molar-refractivity contribution in [3.05, 3.63) is 42.5 Å². The molecule has 4 heteroatoms. The van der Waals surface area contributed by atoms with Crippen LogP contribution in [-0.4, -0.2) is 27.3 Å². The lowest BCUT2D eigenvalue weighted by atomic mass is 9.84. The van der Waals surface area contributed by atoms with Gasteiger partial charge in [0.2, 0.25) is 0 Å². The smallest absolute Gasteiger partial charge is 0.0575 e. The van der Waals surface area contributed by atoms with Gasteiger partial charge in [-0.25, -0.2) is 0 Å². The van der Waals surface area contributed by atoms with Gasteiger partial charge in [0, 0.05) is 41.5 Å². The molecule has 96 valence electrons. The number of rotatable bonds is 2. The molecule has 2 bridgehead atoms. The van der Waals surface area contributed by atoms with E-state index in [1.54, 1.807) is 12.4 Å². The molecule has 4 heterocycles. The van der Waals surface area contributed by atoms with Crippen LogP contribution < -0.4 is 5.32 Å². The van der Waals surface area contributed by atoms with Crippen LogP contribution in [0.4, 0.5) is 0 Å². The topological polar surface area (TPSA) is 50.7 Å². The summed E-state index contributed by atoms with van der Waals surface area (Å²) in [5, 5.41) is 11.4. The highest BCUT2D eigenvalue weighted by Crippen LogP contribution is 2.40. The Kier molecular flexibility index (Phi) is 2.55. The molecule has 4 nitrogen and oxygen atoms in total. The van der Waals surface area contributed by atoms with Crippen LogP contribution in [-0.2, 0) is 0 Å². The maximum atomic E-state index is 4.41. The number of hydrogen-bond donors (Lipinski definition) is 1. The summed E-state index contributed by atoms with van der Waals surface area (Å²) >= 11 is 0. The Morgan fingerprint density at radius 3 is 2.79 bits per heavy atom. The van der Waals surface area contributed by atoms with E-state index in [0.29, 0.717) is 12.0 Å². The van der Waals surface area contributed by atoms with Crippen LogP contribution in [0.15, 0.2) is 36.9 Å². The summed E-state index contributed by atoms with van der Waals surface area (Å²) in [5.41, 5.74) is 3.57. The second-order valence-electron chi connectivity index (χ2n) is 5.53. The van der Waals surface area contributed by atoms with Gasteiger partial charge in [0.15, 0.2) is 0 Å². The van der Waals surface area contributed by atoms with Gasteiger partial charge in [-0.05, 0) is 37.0 Å². The van der Waals surface area contributed by atoms with Gasteiger partial charge in [-0.1, -0.05) is 0 Å². The molecule has 0 spiro atoms. The summed E-state index contributed by atoms with van der Waals surface area (Å²) in [6.45, 7) is 0. The first-order chi connectivity index (χ1) is 9.40. The van der Waals surface area contributed by atoms with Crippen molar-refractivity contribution in [3.63, 3.8) is 0 Å². The van der Waals surface area contributed by atoms with E-state index in [-0.39, 0.29) is 0 Å². The molecule has 2 aliphatic rings. The summed E-state index contributed by atoms with van der Waals surface area (Å²) in [4.78, 5) is 4.41. The lowest BCUT2D eigenvalue weighted by Crippen LogP contribution is -2.21. The predicted octanol–water partition coefficient (Wildman–Crippen LogP) is 2.15. The minimum Gasteiger partial charge on any atom is -0.311 e. The van der Waals surface area contributed by atoms with Crippen molar-refractivity contribution in [1.29, 1.82) is 0 Å². The van der Waals surface area contributed by atoms with E-state index in [4.69, 9.17) is 0 Å². The van der Waals surface area contributed by atoms with Crippen LogP contribution >= 0.6 is 0 Å². The van der Waals surface area contributed by atoms with E-state index in [9.17, 15) is 0 Å². The van der Waals surface area contributed by atoms with Crippen LogP contribution in [0, 0.1) is 0 Å². The second-order valence-corrected chi connectivity index (χ2v) is 5.53. The van der Waals surface area contributed by atoms with Gasteiger partial charge in [-0.2, -0.15) is 10.2 Å². The number of aromatic nitrogens is 3. The molecular weight excluding hydrogens is 236 g/mol. The Morgan fingerprint density at radius 2 is 2.05 bits per heavy atom. The van der Waals surface area contributed by atoms with Crippen molar-refractivity contribution < 1.29 is 0 Å². The van der Waals surface area contributed by atoms with Crippen LogP contribution in [0.1, 0.15) is 30.7 Å². The first kappa shape index (κ1) is 11.1. The monoisotopic (exact) mass is 252 g/mol. The lowest BCUT2D eigenvalue weighted by Gasteiger charge is -2.20. The Balaban J connectivity index is 1.68. The third-order valence-corrected chi connectivity index (χ3v) is 4.41. The van der Waals surface area contributed by atoms with E-state index < -0.39 is 0 Å². The maximum absolute atomic E-state index is 4.41. The van der Waals surface area contributed by atoms with Crippen LogP contribution in [0.25, 0.3) is 11.1 Å². The first-order valence-electron chi connectivity index (χ1n) is 6.88. The lowest BCUT2D eigenvalue weighted by molar-refractivity contribution is 0.505. The second kappa shape index (κ2) is 4.38. The zero-order valence-electron chi connectivity index (χ0n) is 10.7. The van der Waals surface area contributed by atoms with Crippen molar-refractivity contribution in [2.45, 2.75) is 37.3 Å². The SMILES string of the molecule is c1cc(-c2cncc(C3CC4CCC3N4)c2)cnn1. The first-order valence-corrected chi connectivity index (χ1v) is 6.88. The molecule has 1 N–H and O–H groups in total. The highest BCUT2D eigenvalue weighted by molar-refractivity contribution is 5.61. The van der Waals surface area contributed by atoms with Crippen molar-refractivity contribution in [1.82, 2.24) is 20.5 Å². The molecule has 3 unspecified atom stereocenters. The third kappa shape index (κ3) is 1.92. The number of hydrogen-bond acceptors (Lipinski definition) is 4. The molecule has 3 atom stereocenters. The van der Waals surface area contributed by atoms with Gasteiger partial charge < -0.3 is 5.32 Å². The average Bonchev–Trinajstić information content (AvgIpc) is 3.11. The molecule has 0 amide bonds. The summed E-state index contributed by atoms with van der Waals surface area (Å²) in [7, 11) is 0. The highest BCUT2D eigenvalue weighted by Gasteiger charge is 2.39. The molecule has 0 aromatic carbocycles. The largest absolute Gasteiger partial charge is 0.311 e. The highest BCUT2D eigenvalue weighted by atomic mass is 15.1. The molecule has 19 heavy (non-hydrogen) atoms. The van der Waals surface area contributed by atoms with Crippen molar-refractivity contribution in [2.75, 3.05) is 0 Å². The van der Waals surface area contributed by atoms with Gasteiger partial charge in [0.25, 0.3) is 0 Å². The average molecular weight is 252 g/mol. The molecule has 0 aliphatic carbocycles. The van der Waals surface area contributed by atoms with Gasteiger partial charge in [-0.15, -0.1) is 0 Å². The predicted molar refractivity (Wildman–Crippen MR) is 72.6 cm³/mol. The summed E-state index contributed by atoms with van der Waals surface area (Å²) < 4.78 is 0. The van der Waals surface area contributed by atoms with Crippen molar-refractivity contribution >= 4 is 0 Å². The Hall–Kier alpha value is -1.81. The minimum absolute atomic E-state index is 0.626. The molecule has 2 aliphatic heterocycles. The Labute approximate surface area is 112 Å². The molecule has 2 fully saturated rings. The maximum Gasteiger partial charge on any atom is 0.0575 e. The Bertz CT molecular complexity index is 584. The zero-order chi connectivity index (χ0) is 12.7. The van der Waals surface area contributed by atoms with Gasteiger partial charge in [0.05, 0.1) is 12.4 Å². The minimum atomic E-state index is 0.626. The molecular formula is C15H16N4. The van der Waals surface area contributed by atoms with E-state index >= 15 is 0 Å². The molecule has 4 rings (SSSR count). The van der Waals surface area contributed by atoms with Crippen LogP contribution in [0.2, 0.25) is 0 Å². The molecule has 0 saturated carbocycles. The number of fused-ring (bicyclic) bond motifs is 2. The fourth-order valence-corrected chi connectivity index (χ4v) is 3.47. The third-order valence-electron chi connectivity index (χ3n) is 4.41. The van der Waals surface area contributed by atoms with Crippen molar-refractivity contribution in [2.24, 2.45) is 0 Å². The summed E-state index contributed by atoms with van der Waals surface area (Å²) in [6.07, 6.45) is 11.3. The van der Waals surface area contributed by atoms with Gasteiger partial charge in [0.1, 0.15) is 0 Å². The van der Waals surface area contributed by atoms with Gasteiger partial charge in [-0.3, -0.25) is 4.98 Å². The number of pyridine rings is 1.